The highest BCUT2D eigenvalue weighted by atomic mass is 16.5. The van der Waals surface area contributed by atoms with Crippen LogP contribution in [0.1, 0.15) is 111 Å². The van der Waals surface area contributed by atoms with Crippen molar-refractivity contribution in [2.45, 2.75) is 116 Å². The van der Waals surface area contributed by atoms with E-state index in [-0.39, 0.29) is 53.8 Å². The van der Waals surface area contributed by atoms with Gasteiger partial charge in [0.05, 0.1) is 23.2 Å². The first-order valence-corrected chi connectivity index (χ1v) is 22.6. The molecule has 2 saturated heterocycles. The number of nitrogens with zero attached hydrogens (tertiary/aromatic N) is 7. The third-order valence-electron chi connectivity index (χ3n) is 14.4. The topological polar surface area (TPSA) is 181 Å². The molecule has 2 aliphatic carbocycles. The molecule has 5 amide bonds. The lowest BCUT2D eigenvalue weighted by atomic mass is 9.49. The number of carbonyl (C=O) groups excluding carboxylic acids is 5. The maximum atomic E-state index is 13.6. The monoisotopic (exact) mass is 881 g/mol. The molecule has 65 heavy (non-hydrogen) atoms. The van der Waals surface area contributed by atoms with Gasteiger partial charge in [0.25, 0.3) is 17.7 Å². The first-order valence-electron chi connectivity index (χ1n) is 22.6. The second-order valence-corrected chi connectivity index (χ2v) is 19.7. The summed E-state index contributed by atoms with van der Waals surface area (Å²) in [6.07, 6.45) is 5.30. The summed E-state index contributed by atoms with van der Waals surface area (Å²) in [6.45, 7) is 23.0. The average molecular weight is 882 g/mol. The van der Waals surface area contributed by atoms with Gasteiger partial charge in [-0.3, -0.25) is 44.1 Å². The molecule has 0 radical (unpaired) electrons. The Hall–Kier alpha value is -6.47. The number of amides is 5. The summed E-state index contributed by atoms with van der Waals surface area (Å²) in [5.74, 6) is 0.0372. The van der Waals surface area contributed by atoms with Crippen molar-refractivity contribution in [3.05, 3.63) is 89.0 Å². The standard InChI is InChI=1S/C49H55N9O7/c1-27(2)57(29-23-31(24-29)64-30-10-11-32-34(25-30)45(63)58(44(32)62)37-14-17-40(59)52-43(37)61)26-28-18-21-56(22-19-28)39-16-13-36(54-55-39)42(60)53-46-48(3,4)47(49(46,5)6)65-38-15-12-35(50-7)41-33(38)9-8-20-51-41/h8-13,15-16,20,25,27-29,31,37,46-47H,14,17-19,21-24,26H2,1-6H3,(H,53,60)(H,52,59,61). The van der Waals surface area contributed by atoms with Gasteiger partial charge in [-0.15, -0.1) is 10.2 Å². The van der Waals surface area contributed by atoms with E-state index in [1.54, 1.807) is 36.5 Å². The van der Waals surface area contributed by atoms with Crippen molar-refractivity contribution in [1.82, 2.24) is 35.6 Å². The van der Waals surface area contributed by atoms with Crippen LogP contribution in [0, 0.1) is 23.3 Å². The Morgan fingerprint density at radius 2 is 1.68 bits per heavy atom. The molecule has 2 saturated carbocycles. The molecule has 9 rings (SSSR count). The van der Waals surface area contributed by atoms with Crippen LogP contribution in [0.2, 0.25) is 0 Å². The lowest BCUT2D eigenvalue weighted by Crippen LogP contribution is -2.74. The normalized spacial score (nSPS) is 24.9. The third-order valence-corrected chi connectivity index (χ3v) is 14.4. The molecule has 5 heterocycles. The number of carbonyl (C=O) groups is 5. The van der Waals surface area contributed by atoms with Gasteiger partial charge in [-0.2, -0.15) is 0 Å². The predicted molar refractivity (Wildman–Crippen MR) is 241 cm³/mol. The number of aromatic nitrogens is 3. The Labute approximate surface area is 378 Å². The smallest absolute Gasteiger partial charge is 0.272 e. The van der Waals surface area contributed by atoms with E-state index < -0.39 is 40.5 Å². The summed E-state index contributed by atoms with van der Waals surface area (Å²) in [6, 6.07) is 15.3. The number of ether oxygens (including phenoxy) is 2. The molecule has 3 aliphatic heterocycles. The second kappa shape index (κ2) is 16.8. The second-order valence-electron chi connectivity index (χ2n) is 19.7. The molecular formula is C49H55N9O7. The van der Waals surface area contributed by atoms with Crippen molar-refractivity contribution in [1.29, 1.82) is 0 Å². The fourth-order valence-electron chi connectivity index (χ4n) is 11.1. The van der Waals surface area contributed by atoms with Gasteiger partial charge in [0.2, 0.25) is 17.5 Å². The average Bonchev–Trinajstić information content (AvgIpc) is 3.52. The largest absolute Gasteiger partial charge is 0.490 e. The van der Waals surface area contributed by atoms with Crippen molar-refractivity contribution in [2.24, 2.45) is 16.7 Å². The lowest BCUT2D eigenvalue weighted by Gasteiger charge is -2.63. The molecule has 1 atom stereocenters. The van der Waals surface area contributed by atoms with Gasteiger partial charge in [0.15, 0.2) is 11.5 Å². The number of fused-ring (bicyclic) bond motifs is 2. The number of hydrogen-bond donors (Lipinski definition) is 2. The molecule has 16 nitrogen and oxygen atoms in total. The van der Waals surface area contributed by atoms with Crippen LogP contribution in [-0.2, 0) is 9.59 Å². The van der Waals surface area contributed by atoms with Gasteiger partial charge < -0.3 is 19.7 Å². The molecule has 2 aromatic carbocycles. The summed E-state index contributed by atoms with van der Waals surface area (Å²) in [4.78, 5) is 77.9. The Morgan fingerprint density at radius 3 is 2.35 bits per heavy atom. The van der Waals surface area contributed by atoms with Crippen molar-refractivity contribution < 1.29 is 33.4 Å². The fourth-order valence-corrected chi connectivity index (χ4v) is 11.1. The fraction of sp³-hybridized carbons (Fsp3) is 0.490. The summed E-state index contributed by atoms with van der Waals surface area (Å²) in [5, 5.41) is 15.1. The molecule has 0 spiro atoms. The van der Waals surface area contributed by atoms with Crippen LogP contribution >= 0.6 is 0 Å². The Bertz CT molecular complexity index is 2590. The minimum Gasteiger partial charge on any atom is -0.490 e. The van der Waals surface area contributed by atoms with Crippen molar-refractivity contribution in [2.75, 3.05) is 24.5 Å². The predicted octanol–water partition coefficient (Wildman–Crippen LogP) is 6.13. The zero-order valence-electron chi connectivity index (χ0n) is 37.7. The number of hydrogen-bond acceptors (Lipinski definition) is 12. The molecular weight excluding hydrogens is 827 g/mol. The van der Waals surface area contributed by atoms with Gasteiger partial charge in [0.1, 0.15) is 29.7 Å². The maximum Gasteiger partial charge on any atom is 0.272 e. The lowest BCUT2D eigenvalue weighted by molar-refractivity contribution is -0.163. The Balaban J connectivity index is 0.743. The summed E-state index contributed by atoms with van der Waals surface area (Å²) in [5.41, 5.74) is 0.968. The zero-order chi connectivity index (χ0) is 45.9. The van der Waals surface area contributed by atoms with Crippen molar-refractivity contribution >= 4 is 51.9 Å². The molecule has 1 unspecified atom stereocenters. The van der Waals surface area contributed by atoms with Gasteiger partial charge in [0, 0.05) is 79.4 Å². The van der Waals surface area contributed by atoms with Crippen LogP contribution in [0.5, 0.6) is 11.5 Å². The van der Waals surface area contributed by atoms with E-state index in [9.17, 15) is 24.0 Å². The number of piperidine rings is 2. The molecule has 2 aromatic heterocycles. The van der Waals surface area contributed by atoms with Crippen molar-refractivity contribution in [3.63, 3.8) is 0 Å². The third kappa shape index (κ3) is 7.93. The zero-order valence-corrected chi connectivity index (χ0v) is 37.7. The van der Waals surface area contributed by atoms with E-state index in [1.807, 2.05) is 24.3 Å². The highest BCUT2D eigenvalue weighted by molar-refractivity contribution is 6.23. The Morgan fingerprint density at radius 1 is 0.938 bits per heavy atom. The summed E-state index contributed by atoms with van der Waals surface area (Å²) in [7, 11) is 0. The minimum absolute atomic E-state index is 0.0271. The first-order chi connectivity index (χ1) is 31.0. The molecule has 0 bridgehead atoms. The first kappa shape index (κ1) is 43.8. The SMILES string of the molecule is [C-]#[N+]c1ccc(OC2C(C)(C)C(NC(=O)c3ccc(N4CCC(CN(C(C)C)C5CC(Oc6ccc7c(c6)C(=O)N(C6CCC(=O)NC6=O)C7=O)C5)CC4)nn3)C2(C)C)c2cccnc12. The van der Waals surface area contributed by atoms with Gasteiger partial charge in [-0.1, -0.05) is 33.8 Å². The van der Waals surface area contributed by atoms with Gasteiger partial charge >= 0.3 is 0 Å². The number of anilines is 1. The highest BCUT2D eigenvalue weighted by Crippen LogP contribution is 2.56. The van der Waals surface area contributed by atoms with Crippen LogP contribution < -0.4 is 25.0 Å². The van der Waals surface area contributed by atoms with E-state index in [4.69, 9.17) is 16.0 Å². The molecule has 338 valence electrons. The minimum atomic E-state index is -1.01. The van der Waals surface area contributed by atoms with Gasteiger partial charge in [-0.25, -0.2) is 4.85 Å². The van der Waals surface area contributed by atoms with E-state index in [0.717, 1.165) is 61.4 Å². The number of nitrogens with one attached hydrogen (secondary N) is 2. The van der Waals surface area contributed by atoms with Crippen LogP contribution in [0.25, 0.3) is 15.7 Å². The molecule has 4 aromatic rings. The van der Waals surface area contributed by atoms with Crippen LogP contribution in [-0.4, -0.2) is 111 Å². The summed E-state index contributed by atoms with van der Waals surface area (Å²) >= 11 is 0. The highest BCUT2D eigenvalue weighted by Gasteiger charge is 2.64. The van der Waals surface area contributed by atoms with Crippen LogP contribution in [0.4, 0.5) is 11.5 Å². The number of rotatable bonds is 12. The summed E-state index contributed by atoms with van der Waals surface area (Å²) < 4.78 is 13.0. The number of imide groups is 2. The van der Waals surface area contributed by atoms with Gasteiger partial charge in [-0.05, 0) is 87.6 Å². The molecule has 2 N–H and O–H groups in total. The van der Waals surface area contributed by atoms with E-state index >= 15 is 0 Å². The van der Waals surface area contributed by atoms with E-state index in [2.05, 4.69) is 82.0 Å². The van der Waals surface area contributed by atoms with Crippen LogP contribution in [0.15, 0.2) is 60.8 Å². The Kier molecular flexibility index (Phi) is 11.3. The quantitative estimate of drug-likeness (QED) is 0.123. The molecule has 16 heteroatoms. The molecule has 4 fully saturated rings. The number of benzene rings is 2. The maximum absolute atomic E-state index is 13.6. The molecule has 5 aliphatic rings. The number of pyridine rings is 1. The van der Waals surface area contributed by atoms with E-state index in [1.165, 1.54) is 0 Å². The van der Waals surface area contributed by atoms with Crippen molar-refractivity contribution in [3.8, 4) is 11.5 Å². The van der Waals surface area contributed by atoms with Crippen LogP contribution in [0.3, 0.4) is 0 Å². The van der Waals surface area contributed by atoms with E-state index in [0.29, 0.717) is 40.7 Å².